The van der Waals surface area contributed by atoms with Crippen LogP contribution in [-0.4, -0.2) is 5.91 Å². The van der Waals surface area contributed by atoms with Gasteiger partial charge in [0.15, 0.2) is 0 Å². The number of amides is 1. The molecule has 2 nitrogen and oxygen atoms in total. The highest BCUT2D eigenvalue weighted by Gasteiger charge is 2.04. The first-order valence-corrected chi connectivity index (χ1v) is 10.4. The molecule has 0 unspecified atom stereocenters. The van der Waals surface area contributed by atoms with Gasteiger partial charge in [0, 0.05) is 22.8 Å². The minimum atomic E-state index is 0.0565. The third-order valence-corrected chi connectivity index (χ3v) is 5.54. The number of anilines is 1. The van der Waals surface area contributed by atoms with Gasteiger partial charge in [-0.2, -0.15) is 0 Å². The molecule has 3 aromatic rings. The van der Waals surface area contributed by atoms with E-state index in [1.54, 1.807) is 0 Å². The lowest BCUT2D eigenvalue weighted by Gasteiger charge is -2.07. The molecule has 0 aliphatic carbocycles. The van der Waals surface area contributed by atoms with Crippen molar-refractivity contribution in [2.24, 2.45) is 0 Å². The summed E-state index contributed by atoms with van der Waals surface area (Å²) in [5.41, 5.74) is 4.64. The van der Waals surface area contributed by atoms with E-state index in [1.165, 1.54) is 21.6 Å². The van der Waals surface area contributed by atoms with Crippen molar-refractivity contribution in [1.29, 1.82) is 0 Å². The highest BCUT2D eigenvalue weighted by molar-refractivity contribution is 7.98. The van der Waals surface area contributed by atoms with Crippen LogP contribution in [0.2, 0.25) is 0 Å². The van der Waals surface area contributed by atoms with Crippen molar-refractivity contribution in [3.8, 4) is 0 Å². The average molecular weight is 376 g/mol. The molecular formula is C24H25NOS. The Morgan fingerprint density at radius 1 is 0.815 bits per heavy atom. The van der Waals surface area contributed by atoms with Gasteiger partial charge in [0.1, 0.15) is 0 Å². The zero-order valence-corrected chi connectivity index (χ0v) is 16.5. The molecule has 0 aliphatic rings. The number of benzene rings is 3. The second-order valence-electron chi connectivity index (χ2n) is 6.52. The molecule has 0 saturated carbocycles. The van der Waals surface area contributed by atoms with E-state index in [2.05, 4.69) is 72.9 Å². The maximum absolute atomic E-state index is 12.2. The molecule has 0 saturated heterocycles. The summed E-state index contributed by atoms with van der Waals surface area (Å²) in [4.78, 5) is 13.5. The summed E-state index contributed by atoms with van der Waals surface area (Å²) in [6.07, 6.45) is 2.30. The van der Waals surface area contributed by atoms with Crippen LogP contribution >= 0.6 is 11.8 Å². The molecule has 27 heavy (non-hydrogen) atoms. The fourth-order valence-electron chi connectivity index (χ4n) is 2.79. The molecule has 0 aromatic heterocycles. The zero-order chi connectivity index (χ0) is 18.9. The van der Waals surface area contributed by atoms with Gasteiger partial charge < -0.3 is 5.32 Å². The molecule has 0 heterocycles. The van der Waals surface area contributed by atoms with Crippen LogP contribution in [0.15, 0.2) is 83.8 Å². The van der Waals surface area contributed by atoms with Gasteiger partial charge in [-0.1, -0.05) is 61.5 Å². The minimum Gasteiger partial charge on any atom is -0.326 e. The molecule has 138 valence electrons. The standard InChI is InChI=1S/C24H25NOS/c1-2-19-8-10-20(11-9-19)14-17-24(26)25-22-15-12-21(13-16-22)18-27-23-6-4-3-5-7-23/h3-13,15-16H,2,14,17-18H2,1H3,(H,25,26). The number of carbonyl (C=O) groups excluding carboxylic acids is 1. The Kier molecular flexibility index (Phi) is 7.11. The normalized spacial score (nSPS) is 10.6. The van der Waals surface area contributed by atoms with Gasteiger partial charge in [-0.05, 0) is 53.8 Å². The number of aryl methyl sites for hydroxylation is 2. The van der Waals surface area contributed by atoms with E-state index in [0.29, 0.717) is 6.42 Å². The molecule has 0 fully saturated rings. The van der Waals surface area contributed by atoms with E-state index in [9.17, 15) is 4.79 Å². The summed E-state index contributed by atoms with van der Waals surface area (Å²) in [5, 5.41) is 2.99. The van der Waals surface area contributed by atoms with Crippen molar-refractivity contribution in [1.82, 2.24) is 0 Å². The van der Waals surface area contributed by atoms with Crippen molar-refractivity contribution in [3.05, 3.63) is 95.6 Å². The fourth-order valence-corrected chi connectivity index (χ4v) is 3.67. The number of nitrogens with one attached hydrogen (secondary N) is 1. The van der Waals surface area contributed by atoms with Crippen LogP contribution in [0.25, 0.3) is 0 Å². The van der Waals surface area contributed by atoms with Crippen LogP contribution in [0.4, 0.5) is 5.69 Å². The Balaban J connectivity index is 1.45. The summed E-state index contributed by atoms with van der Waals surface area (Å²) < 4.78 is 0. The van der Waals surface area contributed by atoms with Crippen LogP contribution < -0.4 is 5.32 Å². The second-order valence-corrected chi connectivity index (χ2v) is 7.57. The van der Waals surface area contributed by atoms with Gasteiger partial charge in [0.2, 0.25) is 5.91 Å². The van der Waals surface area contributed by atoms with Crippen molar-refractivity contribution in [3.63, 3.8) is 0 Å². The first-order chi connectivity index (χ1) is 13.2. The van der Waals surface area contributed by atoms with Crippen LogP contribution in [0.3, 0.4) is 0 Å². The molecule has 1 N–H and O–H groups in total. The number of thioether (sulfide) groups is 1. The number of rotatable bonds is 8. The molecule has 0 spiro atoms. The molecule has 3 aromatic carbocycles. The molecule has 0 atom stereocenters. The summed E-state index contributed by atoms with van der Waals surface area (Å²) in [6, 6.07) is 27.0. The van der Waals surface area contributed by atoms with Crippen molar-refractivity contribution in [2.45, 2.75) is 36.8 Å². The van der Waals surface area contributed by atoms with E-state index in [1.807, 2.05) is 30.0 Å². The quantitative estimate of drug-likeness (QED) is 0.481. The van der Waals surface area contributed by atoms with Gasteiger partial charge in [0.05, 0.1) is 0 Å². The van der Waals surface area contributed by atoms with Crippen LogP contribution in [0, 0.1) is 0 Å². The fraction of sp³-hybridized carbons (Fsp3) is 0.208. The topological polar surface area (TPSA) is 29.1 Å². The third-order valence-electron chi connectivity index (χ3n) is 4.46. The molecule has 0 aliphatic heterocycles. The molecule has 1 amide bonds. The molecule has 0 radical (unpaired) electrons. The smallest absolute Gasteiger partial charge is 0.224 e. The number of carbonyl (C=O) groups is 1. The zero-order valence-electron chi connectivity index (χ0n) is 15.7. The number of hydrogen-bond acceptors (Lipinski definition) is 2. The Morgan fingerprint density at radius 2 is 1.44 bits per heavy atom. The Morgan fingerprint density at radius 3 is 2.11 bits per heavy atom. The summed E-state index contributed by atoms with van der Waals surface area (Å²) >= 11 is 1.81. The predicted octanol–water partition coefficient (Wildman–Crippen LogP) is 6.11. The second kappa shape index (κ2) is 9.98. The van der Waals surface area contributed by atoms with Gasteiger partial charge in [0.25, 0.3) is 0 Å². The lowest BCUT2D eigenvalue weighted by molar-refractivity contribution is -0.116. The SMILES string of the molecule is CCc1ccc(CCC(=O)Nc2ccc(CSc3ccccc3)cc2)cc1. The third kappa shape index (κ3) is 6.30. The number of hydrogen-bond donors (Lipinski definition) is 1. The predicted molar refractivity (Wildman–Crippen MR) is 115 cm³/mol. The first-order valence-electron chi connectivity index (χ1n) is 9.37. The maximum Gasteiger partial charge on any atom is 0.224 e. The maximum atomic E-state index is 12.2. The van der Waals surface area contributed by atoms with Crippen LogP contribution in [-0.2, 0) is 23.4 Å². The Bertz CT molecular complexity index is 842. The van der Waals surface area contributed by atoms with E-state index in [4.69, 9.17) is 0 Å². The molecule has 3 heteroatoms. The molecular weight excluding hydrogens is 350 g/mol. The summed E-state index contributed by atoms with van der Waals surface area (Å²) in [7, 11) is 0. The van der Waals surface area contributed by atoms with E-state index in [-0.39, 0.29) is 5.91 Å². The lowest BCUT2D eigenvalue weighted by atomic mass is 10.1. The van der Waals surface area contributed by atoms with Gasteiger partial charge in [-0.3, -0.25) is 4.79 Å². The molecule has 3 rings (SSSR count). The first kappa shape index (κ1) is 19.2. The van der Waals surface area contributed by atoms with Crippen LogP contribution in [0.5, 0.6) is 0 Å². The summed E-state index contributed by atoms with van der Waals surface area (Å²) in [6.45, 7) is 2.15. The lowest BCUT2D eigenvalue weighted by Crippen LogP contribution is -2.12. The van der Waals surface area contributed by atoms with Gasteiger partial charge >= 0.3 is 0 Å². The van der Waals surface area contributed by atoms with Crippen LogP contribution in [0.1, 0.15) is 30.0 Å². The van der Waals surface area contributed by atoms with Gasteiger partial charge in [-0.15, -0.1) is 11.8 Å². The minimum absolute atomic E-state index is 0.0565. The van der Waals surface area contributed by atoms with Crippen molar-refractivity contribution in [2.75, 3.05) is 5.32 Å². The monoisotopic (exact) mass is 375 g/mol. The summed E-state index contributed by atoms with van der Waals surface area (Å²) in [5.74, 6) is 0.979. The Labute approximate surface area is 166 Å². The Hall–Kier alpha value is -2.52. The largest absolute Gasteiger partial charge is 0.326 e. The van der Waals surface area contributed by atoms with E-state index in [0.717, 1.165) is 24.3 Å². The highest BCUT2D eigenvalue weighted by Crippen LogP contribution is 2.23. The van der Waals surface area contributed by atoms with E-state index >= 15 is 0 Å². The average Bonchev–Trinajstić information content (AvgIpc) is 2.73. The highest BCUT2D eigenvalue weighted by atomic mass is 32.2. The van der Waals surface area contributed by atoms with Crippen molar-refractivity contribution >= 4 is 23.4 Å². The van der Waals surface area contributed by atoms with Gasteiger partial charge in [-0.25, -0.2) is 0 Å². The van der Waals surface area contributed by atoms with Crippen molar-refractivity contribution < 1.29 is 4.79 Å². The molecule has 0 bridgehead atoms. The van der Waals surface area contributed by atoms with E-state index < -0.39 is 0 Å².